The van der Waals surface area contributed by atoms with E-state index in [9.17, 15) is 15.3 Å². The van der Waals surface area contributed by atoms with Crippen molar-refractivity contribution in [3.63, 3.8) is 0 Å². The number of phenolic OH excluding ortho intramolecular Hbond substituents is 3. The third-order valence-electron chi connectivity index (χ3n) is 4.15. The number of hydrogen-bond donors (Lipinski definition) is 3. The fourth-order valence-electron chi connectivity index (χ4n) is 2.87. The molecule has 122 valence electrons. The van der Waals surface area contributed by atoms with Gasteiger partial charge >= 0.3 is 0 Å². The van der Waals surface area contributed by atoms with E-state index in [0.717, 1.165) is 29.5 Å². The molecule has 0 aromatic heterocycles. The van der Waals surface area contributed by atoms with Crippen molar-refractivity contribution < 1.29 is 15.3 Å². The van der Waals surface area contributed by atoms with Crippen molar-refractivity contribution in [2.45, 2.75) is 19.3 Å². The van der Waals surface area contributed by atoms with Gasteiger partial charge in [-0.15, -0.1) is 0 Å². The highest BCUT2D eigenvalue weighted by Crippen LogP contribution is 2.30. The van der Waals surface area contributed by atoms with Crippen LogP contribution in [-0.2, 0) is 19.3 Å². The number of aryl methyl sites for hydroxylation is 2. The van der Waals surface area contributed by atoms with Crippen LogP contribution < -0.4 is 0 Å². The zero-order valence-electron chi connectivity index (χ0n) is 13.3. The van der Waals surface area contributed by atoms with Gasteiger partial charge in [-0.05, 0) is 47.7 Å². The third kappa shape index (κ3) is 3.87. The maximum Gasteiger partial charge on any atom is 0.123 e. The van der Waals surface area contributed by atoms with Gasteiger partial charge in [-0.2, -0.15) is 0 Å². The van der Waals surface area contributed by atoms with Crippen LogP contribution in [0.2, 0.25) is 0 Å². The number of rotatable bonds is 5. The molecule has 0 amide bonds. The average Bonchev–Trinajstić information content (AvgIpc) is 2.58. The monoisotopic (exact) mass is 320 g/mol. The van der Waals surface area contributed by atoms with Crippen molar-refractivity contribution in [3.8, 4) is 17.2 Å². The summed E-state index contributed by atoms with van der Waals surface area (Å²) in [5.41, 5.74) is 3.96. The molecule has 24 heavy (non-hydrogen) atoms. The van der Waals surface area contributed by atoms with Gasteiger partial charge in [-0.25, -0.2) is 0 Å². The molecule has 0 atom stereocenters. The first-order valence-electron chi connectivity index (χ1n) is 7.97. The second-order valence-electron chi connectivity index (χ2n) is 5.93. The molecule has 3 N–H and O–H groups in total. The van der Waals surface area contributed by atoms with Gasteiger partial charge in [0.15, 0.2) is 0 Å². The molecule has 0 aliphatic heterocycles. The molecule has 0 spiro atoms. The predicted octanol–water partition coefficient (Wildman–Crippen LogP) is 4.18. The summed E-state index contributed by atoms with van der Waals surface area (Å²) < 4.78 is 0. The second kappa shape index (κ2) is 7.09. The topological polar surface area (TPSA) is 60.7 Å². The van der Waals surface area contributed by atoms with Crippen LogP contribution >= 0.6 is 0 Å². The molecule has 3 aromatic rings. The maximum atomic E-state index is 10.3. The molecule has 3 aromatic carbocycles. The Labute approximate surface area is 141 Å². The van der Waals surface area contributed by atoms with Crippen LogP contribution in [0.4, 0.5) is 0 Å². The Balaban J connectivity index is 1.85. The Bertz CT molecular complexity index is 808. The Kier molecular flexibility index (Phi) is 4.71. The van der Waals surface area contributed by atoms with Crippen molar-refractivity contribution in [2.24, 2.45) is 0 Å². The van der Waals surface area contributed by atoms with Gasteiger partial charge in [0.2, 0.25) is 0 Å². The number of hydrogen-bond acceptors (Lipinski definition) is 3. The minimum absolute atomic E-state index is 0.0741. The molecule has 0 fully saturated rings. The van der Waals surface area contributed by atoms with E-state index in [0.29, 0.717) is 6.42 Å². The Morgan fingerprint density at radius 2 is 1.33 bits per heavy atom. The predicted molar refractivity (Wildman–Crippen MR) is 94.5 cm³/mol. The third-order valence-corrected chi connectivity index (χ3v) is 4.15. The first kappa shape index (κ1) is 15.9. The van der Waals surface area contributed by atoms with Crippen molar-refractivity contribution in [3.05, 3.63) is 89.0 Å². The van der Waals surface area contributed by atoms with E-state index in [4.69, 9.17) is 0 Å². The van der Waals surface area contributed by atoms with E-state index < -0.39 is 0 Å². The molecule has 0 bridgehead atoms. The molecule has 3 nitrogen and oxygen atoms in total. The second-order valence-corrected chi connectivity index (χ2v) is 5.93. The smallest absolute Gasteiger partial charge is 0.123 e. The van der Waals surface area contributed by atoms with Gasteiger partial charge in [-0.3, -0.25) is 0 Å². The Hall–Kier alpha value is -2.94. The van der Waals surface area contributed by atoms with Crippen molar-refractivity contribution in [2.75, 3.05) is 0 Å². The number of aromatic hydroxyl groups is 3. The lowest BCUT2D eigenvalue weighted by molar-refractivity contribution is 0.445. The molecular formula is C21H20O3. The lowest BCUT2D eigenvalue weighted by Gasteiger charge is -2.13. The standard InChI is InChI=1S/C21H20O3/c22-18-10-7-16(8-11-18)12-20-17(13-19(23)14-21(20)24)9-6-15-4-2-1-3-5-15/h1-5,7-8,10-11,13-14,22-24H,6,9,12H2. The van der Waals surface area contributed by atoms with Gasteiger partial charge in [-0.1, -0.05) is 42.5 Å². The summed E-state index contributed by atoms with van der Waals surface area (Å²) in [6, 6.07) is 20.2. The summed E-state index contributed by atoms with van der Waals surface area (Å²) in [7, 11) is 0. The van der Waals surface area contributed by atoms with Gasteiger partial charge in [0.05, 0.1) is 0 Å². The minimum atomic E-state index is 0.0741. The molecular weight excluding hydrogens is 300 g/mol. The first-order chi connectivity index (χ1) is 11.6. The fraction of sp³-hybridized carbons (Fsp3) is 0.143. The van der Waals surface area contributed by atoms with E-state index in [1.807, 2.05) is 30.3 Å². The molecule has 0 aliphatic rings. The summed E-state index contributed by atoms with van der Waals surface area (Å²) in [6.45, 7) is 0. The maximum absolute atomic E-state index is 10.3. The largest absolute Gasteiger partial charge is 0.508 e. The summed E-state index contributed by atoms with van der Waals surface area (Å²) in [4.78, 5) is 0. The molecule has 3 rings (SSSR count). The van der Waals surface area contributed by atoms with Crippen molar-refractivity contribution >= 4 is 0 Å². The lowest BCUT2D eigenvalue weighted by atomic mass is 9.94. The first-order valence-corrected chi connectivity index (χ1v) is 7.97. The van der Waals surface area contributed by atoms with Crippen LogP contribution in [0.25, 0.3) is 0 Å². The van der Waals surface area contributed by atoms with E-state index in [1.165, 1.54) is 11.6 Å². The highest BCUT2D eigenvalue weighted by atomic mass is 16.3. The zero-order chi connectivity index (χ0) is 16.9. The fourth-order valence-corrected chi connectivity index (χ4v) is 2.87. The average molecular weight is 320 g/mol. The van der Waals surface area contributed by atoms with Gasteiger partial charge in [0.25, 0.3) is 0 Å². The quantitative estimate of drug-likeness (QED) is 0.661. The van der Waals surface area contributed by atoms with Crippen LogP contribution in [0.1, 0.15) is 22.3 Å². The highest BCUT2D eigenvalue weighted by Gasteiger charge is 2.11. The SMILES string of the molecule is Oc1ccc(Cc2c(O)cc(O)cc2CCc2ccccc2)cc1. The summed E-state index contributed by atoms with van der Waals surface area (Å²) >= 11 is 0. The van der Waals surface area contributed by atoms with E-state index in [-0.39, 0.29) is 17.2 Å². The van der Waals surface area contributed by atoms with E-state index >= 15 is 0 Å². The van der Waals surface area contributed by atoms with E-state index in [2.05, 4.69) is 12.1 Å². The molecule has 0 unspecified atom stereocenters. The Morgan fingerprint density at radius 3 is 2.04 bits per heavy atom. The Morgan fingerprint density at radius 1 is 0.625 bits per heavy atom. The van der Waals surface area contributed by atoms with Crippen LogP contribution in [0.3, 0.4) is 0 Å². The summed E-state index contributed by atoms with van der Waals surface area (Å²) in [6.07, 6.45) is 2.13. The molecule has 3 heteroatoms. The summed E-state index contributed by atoms with van der Waals surface area (Å²) in [5, 5.41) is 29.5. The lowest BCUT2D eigenvalue weighted by Crippen LogP contribution is -1.99. The molecule has 0 radical (unpaired) electrons. The van der Waals surface area contributed by atoms with Crippen molar-refractivity contribution in [1.82, 2.24) is 0 Å². The van der Waals surface area contributed by atoms with Crippen LogP contribution in [0, 0.1) is 0 Å². The molecule has 0 saturated heterocycles. The van der Waals surface area contributed by atoms with Gasteiger partial charge < -0.3 is 15.3 Å². The number of phenols is 3. The highest BCUT2D eigenvalue weighted by molar-refractivity contribution is 5.48. The molecule has 0 aliphatic carbocycles. The van der Waals surface area contributed by atoms with Gasteiger partial charge in [0, 0.05) is 18.1 Å². The zero-order valence-corrected chi connectivity index (χ0v) is 13.3. The van der Waals surface area contributed by atoms with Crippen LogP contribution in [0.5, 0.6) is 17.2 Å². The normalized spacial score (nSPS) is 10.7. The van der Waals surface area contributed by atoms with Gasteiger partial charge in [0.1, 0.15) is 17.2 Å². The summed E-state index contributed by atoms with van der Waals surface area (Å²) in [5.74, 6) is 0.397. The minimum Gasteiger partial charge on any atom is -0.508 e. The van der Waals surface area contributed by atoms with Crippen molar-refractivity contribution in [1.29, 1.82) is 0 Å². The van der Waals surface area contributed by atoms with E-state index in [1.54, 1.807) is 18.2 Å². The van der Waals surface area contributed by atoms with Crippen LogP contribution in [0.15, 0.2) is 66.7 Å². The molecule has 0 heterocycles. The number of benzene rings is 3. The molecule has 0 saturated carbocycles. The van der Waals surface area contributed by atoms with Crippen LogP contribution in [-0.4, -0.2) is 15.3 Å².